The molecule has 1 atom stereocenters. The van der Waals surface area contributed by atoms with Crippen molar-refractivity contribution in [1.29, 1.82) is 0 Å². The van der Waals surface area contributed by atoms with Crippen molar-refractivity contribution < 1.29 is 9.84 Å². The Kier molecular flexibility index (Phi) is 2.89. The number of ether oxygens (including phenoxy) is 1. The highest BCUT2D eigenvalue weighted by molar-refractivity contribution is 5.65. The van der Waals surface area contributed by atoms with E-state index in [2.05, 4.69) is 18.2 Å². The molecule has 1 N–H and O–H groups in total. The molecule has 0 radical (unpaired) electrons. The van der Waals surface area contributed by atoms with Gasteiger partial charge in [-0.05, 0) is 18.1 Å². The van der Waals surface area contributed by atoms with Crippen LogP contribution in [0.4, 0.5) is 0 Å². The van der Waals surface area contributed by atoms with Gasteiger partial charge in [-0.2, -0.15) is 0 Å². The first-order valence-electron chi connectivity index (χ1n) is 5.30. The molecule has 0 bridgehead atoms. The fraction of sp³-hybridized carbons (Fsp3) is 0.385. The molecule has 2 heteroatoms. The normalized spacial score (nSPS) is 23.1. The van der Waals surface area contributed by atoms with Crippen LogP contribution in [0.2, 0.25) is 0 Å². The average Bonchev–Trinajstić information content (AvgIpc) is 2.66. The lowest BCUT2D eigenvalue weighted by atomic mass is 9.84. The summed E-state index contributed by atoms with van der Waals surface area (Å²) >= 11 is 0. The molecule has 0 saturated carbocycles. The van der Waals surface area contributed by atoms with Gasteiger partial charge in [-0.15, -0.1) is 0 Å². The van der Waals surface area contributed by atoms with Crippen molar-refractivity contribution >= 4 is 6.08 Å². The van der Waals surface area contributed by atoms with E-state index in [-0.39, 0.29) is 12.0 Å². The second-order valence-corrected chi connectivity index (χ2v) is 3.87. The van der Waals surface area contributed by atoms with E-state index in [4.69, 9.17) is 4.74 Å². The fourth-order valence-electron chi connectivity index (χ4n) is 2.03. The Bertz CT molecular complexity index is 371. The van der Waals surface area contributed by atoms with Crippen LogP contribution in [0, 0.1) is 0 Å². The summed E-state index contributed by atoms with van der Waals surface area (Å²) in [5.41, 5.74) is 2.03. The number of aliphatic hydroxyl groups is 1. The zero-order chi connectivity index (χ0) is 10.7. The summed E-state index contributed by atoms with van der Waals surface area (Å²) in [6.07, 6.45) is 4.11. The Labute approximate surface area is 90.2 Å². The molecular weight excluding hydrogens is 188 g/mol. The van der Waals surface area contributed by atoms with E-state index in [0.717, 1.165) is 0 Å². The summed E-state index contributed by atoms with van der Waals surface area (Å²) in [5.74, 6) is 0. The van der Waals surface area contributed by atoms with Crippen LogP contribution in [0.5, 0.6) is 0 Å². The zero-order valence-corrected chi connectivity index (χ0v) is 8.94. The largest absolute Gasteiger partial charge is 0.395 e. The van der Waals surface area contributed by atoms with E-state index in [1.54, 1.807) is 0 Å². The minimum Gasteiger partial charge on any atom is -0.395 e. The lowest BCUT2D eigenvalue weighted by Crippen LogP contribution is -2.32. The Morgan fingerprint density at radius 3 is 2.87 bits per heavy atom. The molecule has 1 aliphatic rings. The van der Waals surface area contributed by atoms with Gasteiger partial charge in [0.1, 0.15) is 0 Å². The monoisotopic (exact) mass is 204 g/mol. The predicted molar refractivity (Wildman–Crippen MR) is 60.7 cm³/mol. The Morgan fingerprint density at radius 2 is 2.13 bits per heavy atom. The summed E-state index contributed by atoms with van der Waals surface area (Å²) < 4.78 is 5.46. The third-order valence-electron chi connectivity index (χ3n) is 2.93. The van der Waals surface area contributed by atoms with Crippen LogP contribution >= 0.6 is 0 Å². The Balaban J connectivity index is 2.33. The topological polar surface area (TPSA) is 29.5 Å². The van der Waals surface area contributed by atoms with Crippen molar-refractivity contribution in [2.75, 3.05) is 19.8 Å². The molecule has 0 saturated heterocycles. The molecule has 1 unspecified atom stereocenters. The molecule has 0 aromatic heterocycles. The zero-order valence-electron chi connectivity index (χ0n) is 8.94. The van der Waals surface area contributed by atoms with Crippen LogP contribution in [0.25, 0.3) is 6.08 Å². The molecule has 0 aliphatic heterocycles. The van der Waals surface area contributed by atoms with Gasteiger partial charge < -0.3 is 9.84 Å². The number of hydrogen-bond acceptors (Lipinski definition) is 2. The van der Waals surface area contributed by atoms with Crippen molar-refractivity contribution in [3.05, 3.63) is 41.5 Å². The van der Waals surface area contributed by atoms with Gasteiger partial charge in [-0.1, -0.05) is 36.4 Å². The van der Waals surface area contributed by atoms with Gasteiger partial charge in [0.15, 0.2) is 0 Å². The number of rotatable bonds is 4. The van der Waals surface area contributed by atoms with Gasteiger partial charge in [0.2, 0.25) is 0 Å². The molecule has 1 aromatic carbocycles. The van der Waals surface area contributed by atoms with Gasteiger partial charge >= 0.3 is 0 Å². The van der Waals surface area contributed by atoms with Crippen molar-refractivity contribution in [2.45, 2.75) is 12.3 Å². The fourth-order valence-corrected chi connectivity index (χ4v) is 2.03. The molecule has 1 aliphatic carbocycles. The van der Waals surface area contributed by atoms with Crippen LogP contribution < -0.4 is 0 Å². The minimum absolute atomic E-state index is 0.0977. The summed E-state index contributed by atoms with van der Waals surface area (Å²) in [6, 6.07) is 8.14. The number of fused-ring (bicyclic) bond motifs is 1. The summed E-state index contributed by atoms with van der Waals surface area (Å²) in [6.45, 7) is 3.29. The second kappa shape index (κ2) is 4.17. The van der Waals surface area contributed by atoms with E-state index in [1.165, 1.54) is 11.1 Å². The lowest BCUT2D eigenvalue weighted by molar-refractivity contribution is 0.0806. The highest BCUT2D eigenvalue weighted by Crippen LogP contribution is 2.35. The average molecular weight is 204 g/mol. The first-order valence-corrected chi connectivity index (χ1v) is 5.30. The quantitative estimate of drug-likeness (QED) is 0.812. The molecular formula is C13H16O2. The van der Waals surface area contributed by atoms with Gasteiger partial charge in [0.25, 0.3) is 0 Å². The first kappa shape index (κ1) is 10.4. The van der Waals surface area contributed by atoms with Crippen molar-refractivity contribution in [3.8, 4) is 0 Å². The van der Waals surface area contributed by atoms with E-state index >= 15 is 0 Å². The smallest absolute Gasteiger partial charge is 0.0620 e. The second-order valence-electron chi connectivity index (χ2n) is 3.87. The van der Waals surface area contributed by atoms with Gasteiger partial charge in [0.05, 0.1) is 18.6 Å². The molecule has 0 heterocycles. The summed E-state index contributed by atoms with van der Waals surface area (Å²) in [4.78, 5) is 0. The van der Waals surface area contributed by atoms with Crippen LogP contribution in [0.3, 0.4) is 0 Å². The maximum atomic E-state index is 9.56. The van der Waals surface area contributed by atoms with Crippen molar-refractivity contribution in [1.82, 2.24) is 0 Å². The van der Waals surface area contributed by atoms with Crippen LogP contribution in [0.1, 0.15) is 18.1 Å². The standard InChI is InChI=1S/C13H16O2/c1-2-15-10-13(9-14)8-7-11-5-3-4-6-12(11)13/h3-8,14H,2,9-10H2,1H3. The van der Waals surface area contributed by atoms with E-state index < -0.39 is 0 Å². The van der Waals surface area contributed by atoms with Crippen LogP contribution in [-0.4, -0.2) is 24.9 Å². The molecule has 1 aromatic rings. The molecule has 2 rings (SSSR count). The van der Waals surface area contributed by atoms with E-state index in [1.807, 2.05) is 25.1 Å². The first-order chi connectivity index (χ1) is 7.32. The number of benzene rings is 1. The highest BCUT2D eigenvalue weighted by Gasteiger charge is 2.34. The third-order valence-corrected chi connectivity index (χ3v) is 2.93. The van der Waals surface area contributed by atoms with Gasteiger partial charge in [-0.25, -0.2) is 0 Å². The lowest BCUT2D eigenvalue weighted by Gasteiger charge is -2.26. The molecule has 0 spiro atoms. The number of hydrogen-bond donors (Lipinski definition) is 1. The summed E-state index contributed by atoms with van der Waals surface area (Å²) in [5, 5.41) is 9.56. The Hall–Kier alpha value is -1.12. The van der Waals surface area contributed by atoms with Crippen LogP contribution in [-0.2, 0) is 10.2 Å². The molecule has 2 nitrogen and oxygen atoms in total. The van der Waals surface area contributed by atoms with E-state index in [9.17, 15) is 5.11 Å². The summed E-state index contributed by atoms with van der Waals surface area (Å²) in [7, 11) is 0. The molecule has 0 amide bonds. The third kappa shape index (κ3) is 1.71. The maximum Gasteiger partial charge on any atom is 0.0620 e. The van der Waals surface area contributed by atoms with Gasteiger partial charge in [-0.3, -0.25) is 0 Å². The highest BCUT2D eigenvalue weighted by atomic mass is 16.5. The predicted octanol–water partition coefficient (Wildman–Crippen LogP) is 1.98. The van der Waals surface area contributed by atoms with Crippen molar-refractivity contribution in [2.24, 2.45) is 0 Å². The van der Waals surface area contributed by atoms with Crippen LogP contribution in [0.15, 0.2) is 30.3 Å². The SMILES string of the molecule is CCOCC1(CO)C=Cc2ccccc21. The maximum absolute atomic E-state index is 9.56. The van der Waals surface area contributed by atoms with Crippen molar-refractivity contribution in [3.63, 3.8) is 0 Å². The van der Waals surface area contributed by atoms with Gasteiger partial charge in [0, 0.05) is 6.61 Å². The molecule has 0 fully saturated rings. The Morgan fingerprint density at radius 1 is 1.33 bits per heavy atom. The minimum atomic E-state index is -0.327. The molecule has 15 heavy (non-hydrogen) atoms. The number of aliphatic hydroxyl groups excluding tert-OH is 1. The van der Waals surface area contributed by atoms with E-state index in [0.29, 0.717) is 13.2 Å². The molecule has 80 valence electrons.